The highest BCUT2D eigenvalue weighted by Crippen LogP contribution is 2.58. The van der Waals surface area contributed by atoms with E-state index in [1.807, 2.05) is 42.5 Å². The Kier molecular flexibility index (Phi) is 12.8. The van der Waals surface area contributed by atoms with Gasteiger partial charge < -0.3 is 37.0 Å². The molecule has 1 heterocycles. The van der Waals surface area contributed by atoms with E-state index in [0.29, 0.717) is 13.2 Å². The molecule has 2 aliphatic rings. The Hall–Kier alpha value is -1.39. The van der Waals surface area contributed by atoms with Crippen molar-refractivity contribution in [3.05, 3.63) is 65.7 Å². The Bertz CT molecular complexity index is 1410. The van der Waals surface area contributed by atoms with Crippen molar-refractivity contribution in [2.24, 2.45) is 0 Å². The van der Waals surface area contributed by atoms with Crippen LogP contribution in [0.25, 0.3) is 0 Å². The van der Waals surface area contributed by atoms with E-state index in [-0.39, 0.29) is 28.0 Å². The number of hydrogen-bond donors (Lipinski definition) is 0. The van der Waals surface area contributed by atoms with Crippen LogP contribution in [-0.2, 0) is 45.4 Å². The predicted octanol–water partition coefficient (Wildman–Crippen LogP) is 10.1. The number of methoxy groups -OCH3 is 1. The van der Waals surface area contributed by atoms with Gasteiger partial charge in [0.25, 0.3) is 0 Å². The summed E-state index contributed by atoms with van der Waals surface area (Å²) >= 11 is 0. The molecule has 0 radical (unpaired) electrons. The fourth-order valence-corrected chi connectivity index (χ4v) is 9.58. The van der Waals surface area contributed by atoms with Gasteiger partial charge in [-0.25, -0.2) is 0 Å². The lowest BCUT2D eigenvalue weighted by atomic mass is 9.87. The average molecular weight is 761 g/mol. The lowest BCUT2D eigenvalue weighted by Gasteiger charge is -2.51. The second kappa shape index (κ2) is 15.4. The lowest BCUT2D eigenvalue weighted by Crippen LogP contribution is -2.68. The van der Waals surface area contributed by atoms with Crippen molar-refractivity contribution in [1.29, 1.82) is 0 Å². The number of rotatable bonds is 15. The smallest absolute Gasteiger partial charge is 0.218 e. The first kappa shape index (κ1) is 42.4. The molecule has 2 fully saturated rings. The monoisotopic (exact) mass is 760 g/mol. The molecular formula is C40H68O8Si3. The zero-order chi connectivity index (χ0) is 38.3. The maximum atomic E-state index is 7.43. The zero-order valence-corrected chi connectivity index (χ0v) is 37.5. The van der Waals surface area contributed by atoms with Crippen LogP contribution < -0.4 is 4.74 Å². The Morgan fingerprint density at radius 3 is 1.63 bits per heavy atom. The molecule has 1 saturated carbocycles. The van der Waals surface area contributed by atoms with Crippen LogP contribution in [0.2, 0.25) is 54.4 Å². The fourth-order valence-electron chi connectivity index (χ4n) is 5.60. The van der Waals surface area contributed by atoms with E-state index in [4.69, 9.17) is 37.0 Å². The first-order chi connectivity index (χ1) is 23.4. The molecular weight excluding hydrogens is 693 g/mol. The summed E-state index contributed by atoms with van der Waals surface area (Å²) in [5.74, 6) is -0.273. The normalized spacial score (nSPS) is 26.2. The van der Waals surface area contributed by atoms with Gasteiger partial charge in [0.05, 0.1) is 20.3 Å². The second-order valence-electron chi connectivity index (χ2n) is 19.0. The summed E-state index contributed by atoms with van der Waals surface area (Å²) in [6.45, 7) is 34.8. The maximum Gasteiger partial charge on any atom is 0.218 e. The number of ether oxygens (including phenoxy) is 5. The first-order valence-electron chi connectivity index (χ1n) is 18.6. The molecule has 4 rings (SSSR count). The van der Waals surface area contributed by atoms with Gasteiger partial charge in [0, 0.05) is 0 Å². The van der Waals surface area contributed by atoms with Gasteiger partial charge in [0.2, 0.25) is 5.79 Å². The van der Waals surface area contributed by atoms with Gasteiger partial charge in [-0.1, -0.05) is 105 Å². The molecule has 1 saturated heterocycles. The van der Waals surface area contributed by atoms with E-state index in [2.05, 4.69) is 114 Å². The van der Waals surface area contributed by atoms with Gasteiger partial charge in [-0.3, -0.25) is 0 Å². The van der Waals surface area contributed by atoms with Crippen molar-refractivity contribution in [2.75, 3.05) is 13.9 Å². The first-order valence-corrected chi connectivity index (χ1v) is 27.3. The molecule has 0 spiro atoms. The Morgan fingerprint density at radius 2 is 1.12 bits per heavy atom. The van der Waals surface area contributed by atoms with Gasteiger partial charge in [-0.15, -0.1) is 0 Å². The molecule has 0 aromatic heterocycles. The molecule has 6 atom stereocenters. The van der Waals surface area contributed by atoms with Gasteiger partial charge in [0.1, 0.15) is 43.1 Å². The van der Waals surface area contributed by atoms with Crippen molar-refractivity contribution in [1.82, 2.24) is 0 Å². The van der Waals surface area contributed by atoms with Gasteiger partial charge in [-0.05, 0) is 77.7 Å². The third kappa shape index (κ3) is 9.65. The minimum atomic E-state index is -2.41. The largest absolute Gasteiger partial charge is 0.497 e. The van der Waals surface area contributed by atoms with Gasteiger partial charge in [0.15, 0.2) is 25.0 Å². The summed E-state index contributed by atoms with van der Waals surface area (Å²) < 4.78 is 54.6. The quantitative estimate of drug-likeness (QED) is 0.0769. The lowest BCUT2D eigenvalue weighted by molar-refractivity contribution is -0.233. The van der Waals surface area contributed by atoms with Crippen molar-refractivity contribution in [3.8, 4) is 5.75 Å². The maximum absolute atomic E-state index is 7.43. The number of hydrogen-bond acceptors (Lipinski definition) is 8. The predicted molar refractivity (Wildman–Crippen MR) is 213 cm³/mol. The van der Waals surface area contributed by atoms with Crippen molar-refractivity contribution in [3.63, 3.8) is 0 Å². The van der Waals surface area contributed by atoms with Crippen LogP contribution in [0.4, 0.5) is 0 Å². The van der Waals surface area contributed by atoms with Crippen LogP contribution in [0.15, 0.2) is 54.6 Å². The summed E-state index contributed by atoms with van der Waals surface area (Å²) in [7, 11) is -5.45. The summed E-state index contributed by atoms with van der Waals surface area (Å²) in [6, 6.07) is 18.1. The topological polar surface area (TPSA) is 77.1 Å². The Morgan fingerprint density at radius 1 is 0.608 bits per heavy atom. The molecule has 0 N–H and O–H groups in total. The van der Waals surface area contributed by atoms with Crippen molar-refractivity contribution >= 4 is 25.0 Å². The van der Waals surface area contributed by atoms with Crippen LogP contribution in [0.1, 0.15) is 73.4 Å². The zero-order valence-electron chi connectivity index (χ0n) is 34.5. The van der Waals surface area contributed by atoms with Crippen molar-refractivity contribution in [2.45, 2.75) is 166 Å². The molecule has 2 aromatic rings. The highest BCUT2D eigenvalue weighted by molar-refractivity contribution is 6.75. The second-order valence-corrected chi connectivity index (χ2v) is 33.2. The van der Waals surface area contributed by atoms with Crippen molar-refractivity contribution < 1.29 is 37.0 Å². The van der Waals surface area contributed by atoms with Gasteiger partial charge in [-0.2, -0.15) is 0 Å². The van der Waals surface area contributed by atoms with Gasteiger partial charge >= 0.3 is 0 Å². The molecule has 1 aliphatic carbocycles. The summed E-state index contributed by atoms with van der Waals surface area (Å²) in [5.41, 5.74) is 2.09. The molecule has 2 aromatic carbocycles. The summed E-state index contributed by atoms with van der Waals surface area (Å²) in [5, 5.41) is -0.166. The molecule has 0 amide bonds. The minimum Gasteiger partial charge on any atom is -0.497 e. The highest BCUT2D eigenvalue weighted by Gasteiger charge is 2.77. The van der Waals surface area contributed by atoms with Crippen LogP contribution >= 0.6 is 0 Å². The third-order valence-electron chi connectivity index (χ3n) is 12.0. The van der Waals surface area contributed by atoms with E-state index in [0.717, 1.165) is 16.9 Å². The molecule has 11 heteroatoms. The van der Waals surface area contributed by atoms with E-state index in [1.165, 1.54) is 0 Å². The Balaban J connectivity index is 1.83. The Labute approximate surface area is 312 Å². The molecule has 288 valence electrons. The number of benzene rings is 2. The fraction of sp³-hybridized carbons (Fsp3) is 0.700. The SMILES string of the molecule is COc1ccc(CO[C@H]2[C@H](OCOCc3ccccc3)[C@@H](O[Si](C)(C)C(C)(C)C)[C@H](O[Si](C)(C)C(C)(C)C)[C@H]3O[C@]32O[Si](C)(C)C(C)(C)C)cc1. The summed E-state index contributed by atoms with van der Waals surface area (Å²) in [4.78, 5) is 0. The number of fused-ring (bicyclic) bond motifs is 1. The van der Waals surface area contributed by atoms with Crippen LogP contribution in [0.5, 0.6) is 5.75 Å². The summed E-state index contributed by atoms with van der Waals surface area (Å²) in [6.07, 6.45) is -2.52. The van der Waals surface area contributed by atoms with E-state index in [9.17, 15) is 0 Å². The van der Waals surface area contributed by atoms with Crippen LogP contribution in [0, 0.1) is 0 Å². The van der Waals surface area contributed by atoms with Crippen LogP contribution in [0.3, 0.4) is 0 Å². The average Bonchev–Trinajstić information content (AvgIpc) is 3.73. The number of epoxide rings is 1. The molecule has 51 heavy (non-hydrogen) atoms. The standard InChI is InChI=1S/C40H68O8Si3/c1-37(2,3)49(11,12)46-32-33(44-28-42-26-29-20-18-17-19-21-29)35(43-27-30-22-24-31(41-10)25-23-30)40(48-51(15,16)39(7,8)9)36(45-40)34(32)47-50(13,14)38(4,5)6/h17-25,32-36H,26-28H2,1-16H3/t32-,33-,34+,35+,36-,40-/m1/s1. The van der Waals surface area contributed by atoms with E-state index >= 15 is 0 Å². The minimum absolute atomic E-state index is 0.0385. The van der Waals surface area contributed by atoms with E-state index < -0.39 is 55.2 Å². The molecule has 1 aliphatic heterocycles. The molecule has 8 nitrogen and oxygen atoms in total. The third-order valence-corrected chi connectivity index (χ3v) is 25.4. The van der Waals surface area contributed by atoms with Crippen LogP contribution in [-0.4, -0.2) is 75.2 Å². The van der Waals surface area contributed by atoms with E-state index in [1.54, 1.807) is 7.11 Å². The molecule has 0 unspecified atom stereocenters. The highest BCUT2D eigenvalue weighted by atomic mass is 28.4. The molecule has 0 bridgehead atoms.